The third-order valence-electron chi connectivity index (χ3n) is 2.19. The zero-order chi connectivity index (χ0) is 11.2. The standard InChI is InChI=1S/C8H19NO4Si/c1-7(13-8(9)10)5-6-14(4,11-2)12-3/h7H,5-6H2,1-4H3,(H2,9,10). The SMILES string of the molecule is CO[Si](C)(CCC(C)OC(N)=O)OC. The molecule has 0 aliphatic heterocycles. The van der Waals surface area contributed by atoms with E-state index in [0.29, 0.717) is 6.42 Å². The molecule has 1 unspecified atom stereocenters. The van der Waals surface area contributed by atoms with Gasteiger partial charge in [-0.05, 0) is 25.9 Å². The summed E-state index contributed by atoms with van der Waals surface area (Å²) in [6.07, 6.45) is -0.229. The van der Waals surface area contributed by atoms with E-state index >= 15 is 0 Å². The van der Waals surface area contributed by atoms with Crippen LogP contribution in [-0.2, 0) is 13.6 Å². The van der Waals surface area contributed by atoms with Crippen molar-refractivity contribution in [2.24, 2.45) is 5.73 Å². The number of primary amides is 1. The third-order valence-corrected chi connectivity index (χ3v) is 5.11. The van der Waals surface area contributed by atoms with Crippen LogP contribution in [0.3, 0.4) is 0 Å². The second-order valence-electron chi connectivity index (χ2n) is 3.33. The topological polar surface area (TPSA) is 70.8 Å². The molecule has 6 heteroatoms. The van der Waals surface area contributed by atoms with E-state index in [1.165, 1.54) is 0 Å². The van der Waals surface area contributed by atoms with Crippen molar-refractivity contribution in [1.82, 2.24) is 0 Å². The molecule has 0 aromatic rings. The predicted octanol–water partition coefficient (Wildman–Crippen LogP) is 1.23. The Bertz CT molecular complexity index is 184. The van der Waals surface area contributed by atoms with Crippen LogP contribution in [0.15, 0.2) is 0 Å². The Morgan fingerprint density at radius 1 is 1.43 bits per heavy atom. The molecule has 0 aromatic heterocycles. The van der Waals surface area contributed by atoms with Crippen molar-refractivity contribution in [2.45, 2.75) is 32.0 Å². The zero-order valence-corrected chi connectivity index (χ0v) is 10.2. The predicted molar refractivity (Wildman–Crippen MR) is 55.2 cm³/mol. The van der Waals surface area contributed by atoms with Gasteiger partial charge in [-0.2, -0.15) is 0 Å². The van der Waals surface area contributed by atoms with E-state index in [1.807, 2.05) is 6.55 Å². The first-order chi connectivity index (χ1) is 6.43. The van der Waals surface area contributed by atoms with E-state index in [1.54, 1.807) is 21.1 Å². The minimum Gasteiger partial charge on any atom is -0.447 e. The lowest BCUT2D eigenvalue weighted by Crippen LogP contribution is -2.37. The highest BCUT2D eigenvalue weighted by Gasteiger charge is 2.29. The van der Waals surface area contributed by atoms with E-state index in [2.05, 4.69) is 0 Å². The van der Waals surface area contributed by atoms with Gasteiger partial charge in [0.05, 0.1) is 0 Å². The van der Waals surface area contributed by atoms with Gasteiger partial charge < -0.3 is 19.3 Å². The summed E-state index contributed by atoms with van der Waals surface area (Å²) in [7, 11) is 1.23. The maximum absolute atomic E-state index is 10.4. The van der Waals surface area contributed by atoms with Crippen molar-refractivity contribution in [3.8, 4) is 0 Å². The summed E-state index contributed by atoms with van der Waals surface area (Å²) in [6, 6.07) is 0.772. The van der Waals surface area contributed by atoms with Crippen LogP contribution < -0.4 is 5.73 Å². The van der Waals surface area contributed by atoms with Crippen molar-refractivity contribution >= 4 is 14.7 Å². The maximum atomic E-state index is 10.4. The van der Waals surface area contributed by atoms with E-state index in [4.69, 9.17) is 19.3 Å². The Hall–Kier alpha value is -0.593. The molecule has 2 N–H and O–H groups in total. The molecule has 1 amide bonds. The minimum absolute atomic E-state index is 0.190. The summed E-state index contributed by atoms with van der Waals surface area (Å²) >= 11 is 0. The third kappa shape index (κ3) is 5.20. The highest BCUT2D eigenvalue weighted by atomic mass is 28.4. The van der Waals surface area contributed by atoms with Gasteiger partial charge >= 0.3 is 14.7 Å². The lowest BCUT2D eigenvalue weighted by Gasteiger charge is -2.23. The zero-order valence-electron chi connectivity index (χ0n) is 9.20. The minimum atomic E-state index is -2.04. The number of carbonyl (C=O) groups excluding carboxylic acids is 1. The Morgan fingerprint density at radius 2 is 1.93 bits per heavy atom. The number of carbonyl (C=O) groups is 1. The van der Waals surface area contributed by atoms with Crippen molar-refractivity contribution < 1.29 is 18.4 Å². The molecule has 0 saturated heterocycles. The van der Waals surface area contributed by atoms with Crippen LogP contribution in [0.4, 0.5) is 4.79 Å². The average Bonchev–Trinajstić information content (AvgIpc) is 2.13. The van der Waals surface area contributed by atoms with Gasteiger partial charge in [0, 0.05) is 14.2 Å². The number of hydrogen-bond donors (Lipinski definition) is 1. The second kappa shape index (κ2) is 6.00. The highest BCUT2D eigenvalue weighted by Crippen LogP contribution is 2.16. The van der Waals surface area contributed by atoms with Crippen molar-refractivity contribution in [3.63, 3.8) is 0 Å². The van der Waals surface area contributed by atoms with Gasteiger partial charge in [0.2, 0.25) is 0 Å². The molecule has 1 atom stereocenters. The highest BCUT2D eigenvalue weighted by molar-refractivity contribution is 6.65. The number of amides is 1. The normalized spacial score (nSPS) is 13.7. The molecule has 0 radical (unpaired) electrons. The summed E-state index contributed by atoms with van der Waals surface area (Å²) in [5.41, 5.74) is 4.89. The lowest BCUT2D eigenvalue weighted by molar-refractivity contribution is 0.111. The Labute approximate surface area is 85.8 Å². The molecule has 0 bridgehead atoms. The number of nitrogens with two attached hydrogens (primary N) is 1. The smallest absolute Gasteiger partial charge is 0.404 e. The number of ether oxygens (including phenoxy) is 1. The largest absolute Gasteiger partial charge is 0.447 e. The molecule has 0 rings (SSSR count). The lowest BCUT2D eigenvalue weighted by atomic mass is 10.3. The van der Waals surface area contributed by atoms with Crippen LogP contribution in [0.2, 0.25) is 12.6 Å². The van der Waals surface area contributed by atoms with Gasteiger partial charge in [0.15, 0.2) is 0 Å². The van der Waals surface area contributed by atoms with Crippen molar-refractivity contribution in [2.75, 3.05) is 14.2 Å². The van der Waals surface area contributed by atoms with Crippen LogP contribution in [0.25, 0.3) is 0 Å². The molecule has 0 heterocycles. The molecule has 0 fully saturated rings. The Kier molecular flexibility index (Phi) is 5.74. The van der Waals surface area contributed by atoms with Crippen molar-refractivity contribution in [3.05, 3.63) is 0 Å². The van der Waals surface area contributed by atoms with Crippen LogP contribution >= 0.6 is 0 Å². The van der Waals surface area contributed by atoms with Gasteiger partial charge in [-0.1, -0.05) is 0 Å². The van der Waals surface area contributed by atoms with E-state index in [-0.39, 0.29) is 6.10 Å². The van der Waals surface area contributed by atoms with Gasteiger partial charge in [-0.25, -0.2) is 4.79 Å². The van der Waals surface area contributed by atoms with Gasteiger partial charge in [-0.3, -0.25) is 0 Å². The van der Waals surface area contributed by atoms with Gasteiger partial charge in [0.1, 0.15) is 6.10 Å². The monoisotopic (exact) mass is 221 g/mol. The molecular weight excluding hydrogens is 202 g/mol. The number of rotatable bonds is 6. The maximum Gasteiger partial charge on any atom is 0.404 e. The van der Waals surface area contributed by atoms with Gasteiger partial charge in [0.25, 0.3) is 0 Å². The van der Waals surface area contributed by atoms with Crippen LogP contribution in [0.5, 0.6) is 0 Å². The quantitative estimate of drug-likeness (QED) is 0.685. The molecule has 5 nitrogen and oxygen atoms in total. The van der Waals surface area contributed by atoms with Crippen LogP contribution in [0, 0.1) is 0 Å². The summed E-state index contributed by atoms with van der Waals surface area (Å²) in [4.78, 5) is 10.4. The Balaban J connectivity index is 3.85. The molecular formula is C8H19NO4Si. The first kappa shape index (κ1) is 13.4. The second-order valence-corrected chi connectivity index (χ2v) is 6.91. The molecule has 0 aliphatic carbocycles. The molecule has 0 aliphatic rings. The van der Waals surface area contributed by atoms with Crippen molar-refractivity contribution in [1.29, 1.82) is 0 Å². The van der Waals surface area contributed by atoms with Crippen LogP contribution in [0.1, 0.15) is 13.3 Å². The van der Waals surface area contributed by atoms with E-state index in [0.717, 1.165) is 6.04 Å². The fourth-order valence-corrected chi connectivity index (χ4v) is 2.52. The molecule has 0 aromatic carbocycles. The van der Waals surface area contributed by atoms with E-state index < -0.39 is 14.7 Å². The fraction of sp³-hybridized carbons (Fsp3) is 0.875. The van der Waals surface area contributed by atoms with Gasteiger partial charge in [-0.15, -0.1) is 0 Å². The molecule has 0 spiro atoms. The number of hydrogen-bond acceptors (Lipinski definition) is 4. The Morgan fingerprint density at radius 3 is 2.29 bits per heavy atom. The fourth-order valence-electron chi connectivity index (χ4n) is 1.01. The summed E-state index contributed by atoms with van der Waals surface area (Å²) in [5.74, 6) is 0. The first-order valence-electron chi connectivity index (χ1n) is 4.50. The summed E-state index contributed by atoms with van der Waals surface area (Å²) < 4.78 is 15.4. The average molecular weight is 221 g/mol. The molecule has 0 saturated carbocycles. The van der Waals surface area contributed by atoms with Crippen LogP contribution in [-0.4, -0.2) is 35.0 Å². The molecule has 84 valence electrons. The summed E-state index contributed by atoms with van der Waals surface area (Å²) in [5, 5.41) is 0. The molecule has 14 heavy (non-hydrogen) atoms. The summed E-state index contributed by atoms with van der Waals surface area (Å²) in [6.45, 7) is 3.76. The first-order valence-corrected chi connectivity index (χ1v) is 7.02. The van der Waals surface area contributed by atoms with E-state index in [9.17, 15) is 4.79 Å².